The van der Waals surface area contributed by atoms with Gasteiger partial charge in [-0.05, 0) is 41.0 Å². The number of hydrogen-bond acceptors (Lipinski definition) is 2. The number of aryl methyl sites for hydroxylation is 1. The molecular formula is C19H16N2O. The van der Waals surface area contributed by atoms with E-state index in [1.54, 1.807) is 12.3 Å². The molecule has 0 radical (unpaired) electrons. The lowest BCUT2D eigenvalue weighted by molar-refractivity contribution is 0.0954. The maximum atomic E-state index is 12.0. The van der Waals surface area contributed by atoms with Gasteiger partial charge in [-0.1, -0.05) is 54.6 Å². The normalized spacial score (nSPS) is 11.0. The van der Waals surface area contributed by atoms with Gasteiger partial charge in [0.1, 0.15) is 0 Å². The van der Waals surface area contributed by atoms with E-state index in [1.165, 1.54) is 5.39 Å². The largest absolute Gasteiger partial charge is 0.271 e. The Morgan fingerprint density at radius 2 is 1.68 bits per heavy atom. The standard InChI is InChI=1S/C19H16N2O/c1-14-6-2-5-9-18(14)19(22)21-20-13-15-10-11-16-7-3-4-8-17(16)12-15/h2-13H,1H3,(H,21,22). The zero-order chi connectivity index (χ0) is 15.4. The molecule has 3 aromatic rings. The van der Waals surface area contributed by atoms with E-state index in [9.17, 15) is 4.79 Å². The monoisotopic (exact) mass is 288 g/mol. The van der Waals surface area contributed by atoms with Crippen LogP contribution in [0.5, 0.6) is 0 Å². The summed E-state index contributed by atoms with van der Waals surface area (Å²) in [5.74, 6) is -0.199. The number of fused-ring (bicyclic) bond motifs is 1. The maximum absolute atomic E-state index is 12.0. The van der Waals surface area contributed by atoms with Crippen LogP contribution in [0.15, 0.2) is 71.8 Å². The number of nitrogens with zero attached hydrogens (tertiary/aromatic N) is 1. The van der Waals surface area contributed by atoms with Crippen molar-refractivity contribution in [1.82, 2.24) is 5.43 Å². The molecule has 3 heteroatoms. The Hall–Kier alpha value is -2.94. The number of carbonyl (C=O) groups is 1. The fourth-order valence-corrected chi connectivity index (χ4v) is 2.34. The first kappa shape index (κ1) is 14.0. The average molecular weight is 288 g/mol. The minimum absolute atomic E-state index is 0.199. The molecule has 0 aliphatic rings. The zero-order valence-electron chi connectivity index (χ0n) is 12.3. The molecule has 0 unspecified atom stereocenters. The van der Waals surface area contributed by atoms with E-state index in [0.29, 0.717) is 5.56 Å². The van der Waals surface area contributed by atoms with Crippen molar-refractivity contribution in [2.45, 2.75) is 6.92 Å². The summed E-state index contributed by atoms with van der Waals surface area (Å²) in [6.07, 6.45) is 1.66. The fraction of sp³-hybridized carbons (Fsp3) is 0.0526. The van der Waals surface area contributed by atoms with Gasteiger partial charge >= 0.3 is 0 Å². The van der Waals surface area contributed by atoms with Gasteiger partial charge in [0, 0.05) is 5.56 Å². The molecule has 0 atom stereocenters. The molecule has 0 spiro atoms. The smallest absolute Gasteiger partial charge is 0.267 e. The molecule has 1 N–H and O–H groups in total. The highest BCUT2D eigenvalue weighted by Gasteiger charge is 2.06. The van der Waals surface area contributed by atoms with Gasteiger partial charge in [-0.15, -0.1) is 0 Å². The van der Waals surface area contributed by atoms with Crippen LogP contribution in [0.1, 0.15) is 21.5 Å². The van der Waals surface area contributed by atoms with Crippen molar-refractivity contribution in [2.24, 2.45) is 5.10 Å². The Labute approximate surface area is 129 Å². The van der Waals surface area contributed by atoms with Gasteiger partial charge < -0.3 is 0 Å². The van der Waals surface area contributed by atoms with Gasteiger partial charge in [-0.3, -0.25) is 4.79 Å². The minimum atomic E-state index is -0.199. The zero-order valence-corrected chi connectivity index (χ0v) is 12.3. The van der Waals surface area contributed by atoms with Crippen LogP contribution in [-0.2, 0) is 0 Å². The van der Waals surface area contributed by atoms with Crippen molar-refractivity contribution in [3.05, 3.63) is 83.4 Å². The number of rotatable bonds is 3. The molecule has 1 amide bonds. The van der Waals surface area contributed by atoms with E-state index in [-0.39, 0.29) is 5.91 Å². The maximum Gasteiger partial charge on any atom is 0.271 e. The summed E-state index contributed by atoms with van der Waals surface area (Å²) in [6, 6.07) is 21.6. The van der Waals surface area contributed by atoms with Gasteiger partial charge in [0.15, 0.2) is 0 Å². The van der Waals surface area contributed by atoms with Crippen molar-refractivity contribution in [2.75, 3.05) is 0 Å². The molecule has 108 valence electrons. The number of hydrazone groups is 1. The van der Waals surface area contributed by atoms with E-state index in [2.05, 4.69) is 22.7 Å². The first-order valence-corrected chi connectivity index (χ1v) is 7.12. The second-order valence-corrected chi connectivity index (χ2v) is 5.12. The van der Waals surface area contributed by atoms with Crippen LogP contribution in [0.25, 0.3) is 10.8 Å². The quantitative estimate of drug-likeness (QED) is 0.576. The Kier molecular flexibility index (Phi) is 3.97. The highest BCUT2D eigenvalue weighted by Crippen LogP contribution is 2.14. The Bertz CT molecular complexity index is 853. The molecule has 0 aromatic heterocycles. The Balaban J connectivity index is 1.73. The molecule has 0 heterocycles. The van der Waals surface area contributed by atoms with Gasteiger partial charge in [0.05, 0.1) is 6.21 Å². The van der Waals surface area contributed by atoms with Crippen LogP contribution >= 0.6 is 0 Å². The summed E-state index contributed by atoms with van der Waals surface area (Å²) >= 11 is 0. The molecular weight excluding hydrogens is 272 g/mol. The third-order valence-corrected chi connectivity index (χ3v) is 3.54. The predicted octanol–water partition coefficient (Wildman–Crippen LogP) is 3.91. The van der Waals surface area contributed by atoms with Crippen molar-refractivity contribution in [3.8, 4) is 0 Å². The highest BCUT2D eigenvalue weighted by atomic mass is 16.2. The number of hydrogen-bond donors (Lipinski definition) is 1. The SMILES string of the molecule is Cc1ccccc1C(=O)NN=Cc1ccc2ccccc2c1. The Morgan fingerprint density at radius 3 is 2.50 bits per heavy atom. The van der Waals surface area contributed by atoms with Gasteiger partial charge in [-0.2, -0.15) is 5.10 Å². The number of carbonyl (C=O) groups excluding carboxylic acids is 1. The molecule has 0 aliphatic carbocycles. The number of nitrogens with one attached hydrogen (secondary N) is 1. The van der Waals surface area contributed by atoms with E-state index in [1.807, 2.05) is 55.5 Å². The van der Waals surface area contributed by atoms with Crippen molar-refractivity contribution >= 4 is 22.9 Å². The predicted molar refractivity (Wildman–Crippen MR) is 90.2 cm³/mol. The molecule has 3 nitrogen and oxygen atoms in total. The van der Waals surface area contributed by atoms with Crippen LogP contribution in [0.3, 0.4) is 0 Å². The fourth-order valence-electron chi connectivity index (χ4n) is 2.34. The average Bonchev–Trinajstić information content (AvgIpc) is 2.55. The van der Waals surface area contributed by atoms with E-state index in [4.69, 9.17) is 0 Å². The summed E-state index contributed by atoms with van der Waals surface area (Å²) in [7, 11) is 0. The van der Waals surface area contributed by atoms with Crippen LogP contribution in [0.2, 0.25) is 0 Å². The molecule has 0 aliphatic heterocycles. The summed E-state index contributed by atoms with van der Waals surface area (Å²) in [6.45, 7) is 1.90. The highest BCUT2D eigenvalue weighted by molar-refractivity contribution is 5.96. The molecule has 22 heavy (non-hydrogen) atoms. The van der Waals surface area contributed by atoms with Crippen LogP contribution in [0, 0.1) is 6.92 Å². The van der Waals surface area contributed by atoms with E-state index >= 15 is 0 Å². The van der Waals surface area contributed by atoms with Crippen LogP contribution < -0.4 is 5.43 Å². The second-order valence-electron chi connectivity index (χ2n) is 5.12. The van der Waals surface area contributed by atoms with Gasteiger partial charge in [0.25, 0.3) is 5.91 Å². The molecule has 0 saturated carbocycles. The third kappa shape index (κ3) is 3.04. The van der Waals surface area contributed by atoms with E-state index in [0.717, 1.165) is 16.5 Å². The molecule has 0 bridgehead atoms. The van der Waals surface area contributed by atoms with Crippen LogP contribution in [0.4, 0.5) is 0 Å². The minimum Gasteiger partial charge on any atom is -0.267 e. The van der Waals surface area contributed by atoms with Crippen molar-refractivity contribution in [1.29, 1.82) is 0 Å². The second kappa shape index (κ2) is 6.22. The molecule has 0 fully saturated rings. The third-order valence-electron chi connectivity index (χ3n) is 3.54. The topological polar surface area (TPSA) is 41.5 Å². The summed E-state index contributed by atoms with van der Waals surface area (Å²) < 4.78 is 0. The lowest BCUT2D eigenvalue weighted by atomic mass is 10.1. The summed E-state index contributed by atoms with van der Waals surface area (Å²) in [5, 5.41) is 6.37. The first-order valence-electron chi connectivity index (χ1n) is 7.12. The van der Waals surface area contributed by atoms with Crippen molar-refractivity contribution in [3.63, 3.8) is 0 Å². The number of amides is 1. The number of benzene rings is 3. The van der Waals surface area contributed by atoms with Gasteiger partial charge in [0.2, 0.25) is 0 Å². The Morgan fingerprint density at radius 1 is 0.955 bits per heavy atom. The summed E-state index contributed by atoms with van der Waals surface area (Å²) in [4.78, 5) is 12.0. The van der Waals surface area contributed by atoms with Gasteiger partial charge in [-0.25, -0.2) is 5.43 Å². The first-order chi connectivity index (χ1) is 10.7. The molecule has 3 rings (SSSR count). The van der Waals surface area contributed by atoms with E-state index < -0.39 is 0 Å². The van der Waals surface area contributed by atoms with Crippen LogP contribution in [-0.4, -0.2) is 12.1 Å². The lowest BCUT2D eigenvalue weighted by Gasteiger charge is -2.03. The lowest BCUT2D eigenvalue weighted by Crippen LogP contribution is -2.18. The summed E-state index contributed by atoms with van der Waals surface area (Å²) in [5.41, 5.74) is 5.08. The molecule has 3 aromatic carbocycles. The molecule has 0 saturated heterocycles. The van der Waals surface area contributed by atoms with Crippen molar-refractivity contribution < 1.29 is 4.79 Å².